The molecule has 17 heteroatoms. The van der Waals surface area contributed by atoms with E-state index in [-0.39, 0.29) is 17.8 Å². The summed E-state index contributed by atoms with van der Waals surface area (Å²) in [5.41, 5.74) is 14.6. The number of aryl methyl sites for hydroxylation is 2. The van der Waals surface area contributed by atoms with Crippen LogP contribution in [0.3, 0.4) is 0 Å². The maximum absolute atomic E-state index is 12.8. The number of benzene rings is 2. The molecule has 0 saturated heterocycles. The second-order valence-electron chi connectivity index (χ2n) is 15.3. The Labute approximate surface area is 393 Å². The van der Waals surface area contributed by atoms with Gasteiger partial charge in [0.15, 0.2) is 5.88 Å². The molecular formula is C50H44N8O7S2. The fourth-order valence-corrected chi connectivity index (χ4v) is 9.42. The summed E-state index contributed by atoms with van der Waals surface area (Å²) in [5.74, 6) is -0.271. The van der Waals surface area contributed by atoms with Gasteiger partial charge in [-0.05, 0) is 93.4 Å². The number of amides is 2. The number of aromatic amines is 2. The first-order valence-electron chi connectivity index (χ1n) is 20.8. The summed E-state index contributed by atoms with van der Waals surface area (Å²) in [4.78, 5) is 71.3. The van der Waals surface area contributed by atoms with Crippen LogP contribution in [0.2, 0.25) is 0 Å². The average Bonchev–Trinajstić information content (AvgIpc) is 4.22. The number of fused-ring (bicyclic) bond motifs is 2. The zero-order valence-corrected chi connectivity index (χ0v) is 39.1. The molecule has 0 spiro atoms. The number of hydrogen-bond acceptors (Lipinski definition) is 13. The van der Waals surface area contributed by atoms with Gasteiger partial charge in [-0.3, -0.25) is 19.6 Å². The third-order valence-corrected chi connectivity index (χ3v) is 12.9. The highest BCUT2D eigenvalue weighted by atomic mass is 32.1. The molecule has 15 nitrogen and oxygen atoms in total. The van der Waals surface area contributed by atoms with Crippen LogP contribution in [0.15, 0.2) is 96.2 Å². The van der Waals surface area contributed by atoms with Gasteiger partial charge in [0.05, 0.1) is 55.8 Å². The van der Waals surface area contributed by atoms with Crippen LogP contribution in [0.5, 0.6) is 5.88 Å². The first kappa shape index (κ1) is 45.5. The number of carbonyl (C=O) groups excluding carboxylic acids is 4. The third kappa shape index (κ3) is 9.54. The summed E-state index contributed by atoms with van der Waals surface area (Å²) >= 11 is 3.17. The van der Waals surface area contributed by atoms with Gasteiger partial charge in [0.25, 0.3) is 5.91 Å². The van der Waals surface area contributed by atoms with Gasteiger partial charge < -0.3 is 34.8 Å². The number of pyridine rings is 2. The van der Waals surface area contributed by atoms with Gasteiger partial charge in [-0.25, -0.2) is 19.6 Å². The maximum atomic E-state index is 12.8. The Balaban J connectivity index is 0.000000152. The Bertz CT molecular complexity index is 3200. The van der Waals surface area contributed by atoms with Crippen LogP contribution >= 0.6 is 22.7 Å². The van der Waals surface area contributed by atoms with Gasteiger partial charge in [0, 0.05) is 97.4 Å². The fraction of sp³-hybridized carbons (Fsp3) is 0.160. The van der Waals surface area contributed by atoms with Gasteiger partial charge >= 0.3 is 11.9 Å². The molecule has 0 unspecified atom stereocenters. The van der Waals surface area contributed by atoms with Crippen molar-refractivity contribution in [2.45, 2.75) is 34.1 Å². The highest BCUT2D eigenvalue weighted by molar-refractivity contribution is 7.13. The summed E-state index contributed by atoms with van der Waals surface area (Å²) in [6.45, 7) is 7.27. The van der Waals surface area contributed by atoms with E-state index in [1.54, 1.807) is 60.6 Å². The van der Waals surface area contributed by atoms with Gasteiger partial charge in [0.2, 0.25) is 5.91 Å². The van der Waals surface area contributed by atoms with E-state index in [0.29, 0.717) is 40.4 Å². The molecule has 2 aliphatic heterocycles. The average molecular weight is 933 g/mol. The number of hydrogen-bond donors (Lipinski definition) is 4. The molecule has 0 bridgehead atoms. The Hall–Kier alpha value is -8.02. The molecular weight excluding hydrogens is 889 g/mol. The first-order valence-corrected chi connectivity index (χ1v) is 22.5. The number of ether oxygens (including phenoxy) is 3. The van der Waals surface area contributed by atoms with E-state index in [9.17, 15) is 19.2 Å². The summed E-state index contributed by atoms with van der Waals surface area (Å²) < 4.78 is 14.6. The molecule has 0 saturated carbocycles. The van der Waals surface area contributed by atoms with Crippen molar-refractivity contribution in [3.05, 3.63) is 147 Å². The van der Waals surface area contributed by atoms with E-state index in [2.05, 4.69) is 40.3 Å². The van der Waals surface area contributed by atoms with Crippen molar-refractivity contribution in [2.75, 3.05) is 32.0 Å². The van der Waals surface area contributed by atoms with Crippen LogP contribution in [0.1, 0.15) is 60.1 Å². The van der Waals surface area contributed by atoms with E-state index in [0.717, 1.165) is 83.0 Å². The summed E-state index contributed by atoms with van der Waals surface area (Å²) in [7, 11) is 4.27. The zero-order valence-electron chi connectivity index (χ0n) is 37.5. The second kappa shape index (κ2) is 19.6. The Morgan fingerprint density at radius 2 is 1.18 bits per heavy atom. The number of H-pyrrole nitrogens is 2. The minimum atomic E-state index is -0.405. The molecule has 2 aromatic carbocycles. The molecule has 8 heterocycles. The van der Waals surface area contributed by atoms with Crippen molar-refractivity contribution < 1.29 is 33.4 Å². The standard InChI is InChI=1S/C25H20N4O3S.C16H11N3OS.C9H13NO3/c1-13-20(27-14(2)22(13)25(31)32-3)11-18-17-10-16(4-5-19(17)28-23(18)30)21-12-33-24(29-21)15-6-8-26-9-7-15;20-15-8-12-7-11(1-2-13(12)18-15)14-9-21-16(19-14)10-3-5-17-6-4-10;1-5-7(9(11)13-4)6(2)10-8(5)12-3/h4-12,27H,1-3H3,(H,28,30);1-7,9H,8H2,(H,18,20);10H,1-4H3/b18-11-;;. The molecule has 6 aromatic heterocycles. The van der Waals surface area contributed by atoms with Crippen molar-refractivity contribution in [3.8, 4) is 49.5 Å². The SMILES string of the molecule is COC(=O)c1c(C)[nH]c(/C=C2\C(=O)Nc3ccc(-c4csc(-c5ccncc5)n4)cc32)c1C.COC(=O)c1c(C)[nH]c(OC)c1C.O=C1Cc2cc(-c3csc(-c4ccncc4)n3)ccc2N1. The summed E-state index contributed by atoms with van der Waals surface area (Å²) in [6, 6.07) is 19.6. The number of anilines is 2. The first-order chi connectivity index (χ1) is 32.4. The maximum Gasteiger partial charge on any atom is 0.340 e. The van der Waals surface area contributed by atoms with Crippen molar-refractivity contribution in [1.82, 2.24) is 29.9 Å². The predicted molar refractivity (Wildman–Crippen MR) is 260 cm³/mol. The van der Waals surface area contributed by atoms with Crippen molar-refractivity contribution in [2.24, 2.45) is 0 Å². The lowest BCUT2D eigenvalue weighted by Gasteiger charge is -2.03. The van der Waals surface area contributed by atoms with Crippen LogP contribution in [-0.4, -0.2) is 75.0 Å². The normalized spacial score (nSPS) is 12.8. The van der Waals surface area contributed by atoms with Crippen molar-refractivity contribution in [1.29, 1.82) is 0 Å². The highest BCUT2D eigenvalue weighted by Gasteiger charge is 2.27. The van der Waals surface area contributed by atoms with E-state index >= 15 is 0 Å². The summed E-state index contributed by atoms with van der Waals surface area (Å²) in [6.07, 6.45) is 9.26. The Kier molecular flexibility index (Phi) is 13.3. The quantitative estimate of drug-likeness (QED) is 0.0834. The number of nitrogens with zero attached hydrogens (tertiary/aromatic N) is 4. The van der Waals surface area contributed by atoms with Crippen molar-refractivity contribution >= 4 is 69.5 Å². The van der Waals surface area contributed by atoms with Crippen LogP contribution in [-0.2, 0) is 25.5 Å². The molecule has 0 radical (unpaired) electrons. The molecule has 0 fully saturated rings. The monoisotopic (exact) mass is 932 g/mol. The molecule has 4 N–H and O–H groups in total. The van der Waals surface area contributed by atoms with Crippen LogP contribution in [0.4, 0.5) is 11.4 Å². The lowest BCUT2D eigenvalue weighted by molar-refractivity contribution is -0.115. The van der Waals surface area contributed by atoms with Gasteiger partial charge in [-0.2, -0.15) is 0 Å². The largest absolute Gasteiger partial charge is 0.482 e. The van der Waals surface area contributed by atoms with E-state index in [1.165, 1.54) is 14.2 Å². The fourth-order valence-electron chi connectivity index (χ4n) is 7.75. The minimum Gasteiger partial charge on any atom is -0.482 e. The molecule has 8 aromatic rings. The number of nitrogens with one attached hydrogen (secondary N) is 4. The van der Waals surface area contributed by atoms with Crippen LogP contribution in [0, 0.1) is 27.7 Å². The summed E-state index contributed by atoms with van der Waals surface area (Å²) in [5, 5.41) is 11.7. The Morgan fingerprint density at radius 3 is 1.73 bits per heavy atom. The van der Waals surface area contributed by atoms with Gasteiger partial charge in [0.1, 0.15) is 10.0 Å². The second-order valence-corrected chi connectivity index (χ2v) is 17.1. The number of thiazole rings is 2. The highest BCUT2D eigenvalue weighted by Crippen LogP contribution is 2.38. The third-order valence-electron chi connectivity index (χ3n) is 11.1. The van der Waals surface area contributed by atoms with E-state index in [1.807, 2.05) is 99.1 Å². The predicted octanol–water partition coefficient (Wildman–Crippen LogP) is 9.89. The number of rotatable bonds is 8. The van der Waals surface area contributed by atoms with E-state index in [4.69, 9.17) is 14.5 Å². The lowest BCUT2D eigenvalue weighted by atomic mass is 10.0. The zero-order chi connectivity index (χ0) is 47.4. The molecule has 10 rings (SSSR count). The number of methoxy groups -OCH3 is 3. The van der Waals surface area contributed by atoms with Gasteiger partial charge in [-0.15, -0.1) is 22.7 Å². The van der Waals surface area contributed by atoms with Crippen LogP contribution in [0.25, 0.3) is 55.3 Å². The molecule has 338 valence electrons. The molecule has 0 atom stereocenters. The number of aromatic nitrogens is 6. The molecule has 67 heavy (non-hydrogen) atoms. The number of esters is 2. The van der Waals surface area contributed by atoms with E-state index < -0.39 is 5.97 Å². The Morgan fingerprint density at radius 1 is 0.642 bits per heavy atom. The molecule has 0 aliphatic carbocycles. The van der Waals surface area contributed by atoms with Gasteiger partial charge in [-0.1, -0.05) is 12.1 Å². The topological polar surface area (TPSA) is 203 Å². The lowest BCUT2D eigenvalue weighted by Crippen LogP contribution is -2.04. The smallest absolute Gasteiger partial charge is 0.340 e. The minimum absolute atomic E-state index is 0.0536. The molecule has 2 amide bonds. The number of carbonyl (C=O) groups is 4. The molecule has 2 aliphatic rings. The van der Waals surface area contributed by atoms with Crippen LogP contribution < -0.4 is 15.4 Å². The van der Waals surface area contributed by atoms with Crippen molar-refractivity contribution in [3.63, 3.8) is 0 Å².